The number of sulfonamides is 1. The summed E-state index contributed by atoms with van der Waals surface area (Å²) in [5.41, 5.74) is 4.29. The molecule has 0 unspecified atom stereocenters. The van der Waals surface area contributed by atoms with Crippen LogP contribution >= 0.6 is 0 Å². The van der Waals surface area contributed by atoms with Crippen LogP contribution in [0.5, 0.6) is 0 Å². The third-order valence-corrected chi connectivity index (χ3v) is 6.50. The number of aryl methyl sites for hydroxylation is 1. The molecule has 33 heavy (non-hydrogen) atoms. The van der Waals surface area contributed by atoms with Gasteiger partial charge in [-0.3, -0.25) is 9.52 Å². The molecule has 0 saturated heterocycles. The molecule has 1 N–H and O–H groups in total. The standard InChI is InChI=1S/C25H22N4O3S/c1-3-4-5-15-33(31,32)28-21-8-6-7-20(16-21)23-13-14-26-25-22(17-27-29(23)25)24(30)19-11-9-18(2)10-12-19/h1,6-14,16-17,28H,4-5,15H2,2H3. The summed E-state index contributed by atoms with van der Waals surface area (Å²) in [4.78, 5) is 17.4. The fourth-order valence-corrected chi connectivity index (χ4v) is 4.58. The molecule has 0 atom stereocenters. The van der Waals surface area contributed by atoms with Crippen LogP contribution in [0, 0.1) is 19.3 Å². The molecule has 2 aromatic carbocycles. The molecular weight excluding hydrogens is 436 g/mol. The minimum atomic E-state index is -3.51. The second kappa shape index (κ2) is 9.27. The number of benzene rings is 2. The van der Waals surface area contributed by atoms with Gasteiger partial charge in [0.25, 0.3) is 0 Å². The topological polar surface area (TPSA) is 93.4 Å². The van der Waals surface area contributed by atoms with Crippen LogP contribution in [0.4, 0.5) is 5.69 Å². The number of aromatic nitrogens is 3. The van der Waals surface area contributed by atoms with Crippen molar-refractivity contribution in [3.63, 3.8) is 0 Å². The third-order valence-electron chi connectivity index (χ3n) is 5.13. The van der Waals surface area contributed by atoms with Gasteiger partial charge in [0.1, 0.15) is 0 Å². The van der Waals surface area contributed by atoms with Crippen LogP contribution in [-0.2, 0) is 10.0 Å². The number of nitrogens with one attached hydrogen (secondary N) is 1. The van der Waals surface area contributed by atoms with Gasteiger partial charge < -0.3 is 0 Å². The number of rotatable bonds is 8. The van der Waals surface area contributed by atoms with Gasteiger partial charge in [0.2, 0.25) is 10.0 Å². The highest BCUT2D eigenvalue weighted by molar-refractivity contribution is 7.92. The van der Waals surface area contributed by atoms with Crippen LogP contribution in [-0.4, -0.2) is 34.6 Å². The molecule has 166 valence electrons. The molecule has 0 fully saturated rings. The summed E-state index contributed by atoms with van der Waals surface area (Å²) in [5, 5.41) is 4.39. The molecule has 0 aliphatic rings. The van der Waals surface area contributed by atoms with Crippen LogP contribution in [0.2, 0.25) is 0 Å². The zero-order valence-electron chi connectivity index (χ0n) is 18.0. The Balaban J connectivity index is 1.66. The summed E-state index contributed by atoms with van der Waals surface area (Å²) >= 11 is 0. The number of nitrogens with zero attached hydrogens (tertiary/aromatic N) is 3. The summed E-state index contributed by atoms with van der Waals surface area (Å²) < 4.78 is 28.8. The average Bonchev–Trinajstić information content (AvgIpc) is 3.23. The van der Waals surface area contributed by atoms with Gasteiger partial charge in [-0.2, -0.15) is 5.10 Å². The number of terminal acetylenes is 1. The highest BCUT2D eigenvalue weighted by atomic mass is 32.2. The maximum absolute atomic E-state index is 13.0. The monoisotopic (exact) mass is 458 g/mol. The zero-order chi connectivity index (χ0) is 23.4. The van der Waals surface area contributed by atoms with Crippen molar-refractivity contribution in [2.24, 2.45) is 0 Å². The SMILES string of the molecule is C#CCCCS(=O)(=O)Nc1cccc(-c2ccnc3c(C(=O)c4ccc(C)cc4)cnn23)c1. The largest absolute Gasteiger partial charge is 0.288 e. The number of hydrogen-bond acceptors (Lipinski definition) is 5. The lowest BCUT2D eigenvalue weighted by molar-refractivity contribution is 0.104. The number of anilines is 1. The fourth-order valence-electron chi connectivity index (χ4n) is 3.47. The first-order valence-electron chi connectivity index (χ1n) is 10.4. The molecular formula is C25H22N4O3S. The van der Waals surface area contributed by atoms with Crippen molar-refractivity contribution in [2.75, 3.05) is 10.5 Å². The van der Waals surface area contributed by atoms with E-state index in [-0.39, 0.29) is 11.5 Å². The van der Waals surface area contributed by atoms with E-state index in [0.717, 1.165) is 11.1 Å². The minimum Gasteiger partial charge on any atom is -0.288 e. The number of unbranched alkanes of at least 4 members (excludes halogenated alkanes) is 1. The Kier molecular flexibility index (Phi) is 6.24. The van der Waals surface area contributed by atoms with Crippen molar-refractivity contribution >= 4 is 27.1 Å². The van der Waals surface area contributed by atoms with Crippen molar-refractivity contribution in [3.8, 4) is 23.6 Å². The van der Waals surface area contributed by atoms with Crippen LogP contribution in [0.15, 0.2) is 67.0 Å². The third kappa shape index (κ3) is 4.94. The molecule has 0 aliphatic carbocycles. The second-order valence-corrected chi connectivity index (χ2v) is 9.47. The zero-order valence-corrected chi connectivity index (χ0v) is 18.8. The van der Waals surface area contributed by atoms with Gasteiger partial charge in [-0.25, -0.2) is 17.9 Å². The van der Waals surface area contributed by atoms with Gasteiger partial charge in [0.05, 0.1) is 23.2 Å². The molecule has 0 spiro atoms. The van der Waals surface area contributed by atoms with Crippen molar-refractivity contribution in [3.05, 3.63) is 83.7 Å². The molecule has 0 radical (unpaired) electrons. The van der Waals surface area contributed by atoms with Gasteiger partial charge in [-0.15, -0.1) is 12.3 Å². The van der Waals surface area contributed by atoms with E-state index in [1.807, 2.05) is 25.1 Å². The Bertz CT molecular complexity index is 1470. The summed E-state index contributed by atoms with van der Waals surface area (Å²) in [6.45, 7) is 1.96. The van der Waals surface area contributed by atoms with Crippen molar-refractivity contribution < 1.29 is 13.2 Å². The smallest absolute Gasteiger partial charge is 0.232 e. The first-order chi connectivity index (χ1) is 15.9. The van der Waals surface area contributed by atoms with Gasteiger partial charge in [-0.1, -0.05) is 42.0 Å². The van der Waals surface area contributed by atoms with Crippen LogP contribution < -0.4 is 4.72 Å². The number of ketones is 1. The highest BCUT2D eigenvalue weighted by Gasteiger charge is 2.18. The van der Waals surface area contributed by atoms with Crippen molar-refractivity contribution in [1.82, 2.24) is 14.6 Å². The minimum absolute atomic E-state index is 0.0510. The molecule has 8 heteroatoms. The first-order valence-corrected chi connectivity index (χ1v) is 12.0. The summed E-state index contributed by atoms with van der Waals surface area (Å²) in [6.07, 6.45) is 9.10. The predicted molar refractivity (Wildman–Crippen MR) is 129 cm³/mol. The van der Waals surface area contributed by atoms with Gasteiger partial charge in [-0.05, 0) is 31.5 Å². The maximum atomic E-state index is 13.0. The van der Waals surface area contributed by atoms with E-state index in [2.05, 4.69) is 20.7 Å². The van der Waals surface area contributed by atoms with E-state index < -0.39 is 10.0 Å². The van der Waals surface area contributed by atoms with Crippen LogP contribution in [0.25, 0.3) is 16.9 Å². The Morgan fingerprint density at radius 2 is 1.94 bits per heavy atom. The molecule has 7 nitrogen and oxygen atoms in total. The summed E-state index contributed by atoms with van der Waals surface area (Å²) in [7, 11) is -3.51. The Morgan fingerprint density at radius 1 is 1.15 bits per heavy atom. The molecule has 2 heterocycles. The number of hydrogen-bond donors (Lipinski definition) is 1. The van der Waals surface area contributed by atoms with Crippen molar-refractivity contribution in [1.29, 1.82) is 0 Å². The van der Waals surface area contributed by atoms with Gasteiger partial charge in [0.15, 0.2) is 11.4 Å². The van der Waals surface area contributed by atoms with Crippen LogP contribution in [0.3, 0.4) is 0 Å². The summed E-state index contributed by atoms with van der Waals surface area (Å²) in [5.74, 6) is 2.23. The lowest BCUT2D eigenvalue weighted by Gasteiger charge is -2.10. The Morgan fingerprint density at radius 3 is 2.70 bits per heavy atom. The second-order valence-electron chi connectivity index (χ2n) is 7.63. The fraction of sp³-hybridized carbons (Fsp3) is 0.160. The van der Waals surface area contributed by atoms with Crippen LogP contribution in [0.1, 0.15) is 34.3 Å². The molecule has 0 amide bonds. The van der Waals surface area contributed by atoms with E-state index in [1.54, 1.807) is 47.1 Å². The lowest BCUT2D eigenvalue weighted by Crippen LogP contribution is -2.16. The predicted octanol–water partition coefficient (Wildman–Crippen LogP) is 4.09. The summed E-state index contributed by atoms with van der Waals surface area (Å²) in [6, 6.07) is 16.1. The van der Waals surface area contributed by atoms with E-state index in [4.69, 9.17) is 6.42 Å². The number of carbonyl (C=O) groups is 1. The lowest BCUT2D eigenvalue weighted by atomic mass is 10.0. The Labute approximate surface area is 192 Å². The maximum Gasteiger partial charge on any atom is 0.232 e. The van der Waals surface area contributed by atoms with Gasteiger partial charge in [0, 0.05) is 29.4 Å². The van der Waals surface area contributed by atoms with E-state index >= 15 is 0 Å². The van der Waals surface area contributed by atoms with Gasteiger partial charge >= 0.3 is 0 Å². The number of carbonyl (C=O) groups excluding carboxylic acids is 1. The molecule has 0 aliphatic heterocycles. The molecule has 4 aromatic rings. The molecule has 0 saturated carbocycles. The molecule has 4 rings (SSSR count). The van der Waals surface area contributed by atoms with E-state index in [0.29, 0.717) is 41.0 Å². The quantitative estimate of drug-likeness (QED) is 0.244. The molecule has 2 aromatic heterocycles. The van der Waals surface area contributed by atoms with E-state index in [1.165, 1.54) is 6.20 Å². The normalized spacial score (nSPS) is 11.3. The molecule has 0 bridgehead atoms. The first kappa shape index (κ1) is 22.2. The number of fused-ring (bicyclic) bond motifs is 1. The average molecular weight is 459 g/mol. The van der Waals surface area contributed by atoms with E-state index in [9.17, 15) is 13.2 Å². The Hall–Kier alpha value is -3.96. The highest BCUT2D eigenvalue weighted by Crippen LogP contribution is 2.25. The van der Waals surface area contributed by atoms with Crippen molar-refractivity contribution in [2.45, 2.75) is 19.8 Å².